The molecule has 2 N–H and O–H groups in total. The summed E-state index contributed by atoms with van der Waals surface area (Å²) in [5.74, 6) is -2.02. The summed E-state index contributed by atoms with van der Waals surface area (Å²) in [4.78, 5) is 42.6. The predicted molar refractivity (Wildman–Crippen MR) is 88.5 cm³/mol. The lowest BCUT2D eigenvalue weighted by atomic mass is 10.1. The molecule has 0 radical (unpaired) electrons. The normalized spacial score (nSPS) is 19.0. The van der Waals surface area contributed by atoms with Crippen molar-refractivity contribution in [1.29, 1.82) is 0 Å². The summed E-state index contributed by atoms with van der Waals surface area (Å²) in [6, 6.07) is -0.614. The Bertz CT molecular complexity index is 449. The third-order valence-electron chi connectivity index (χ3n) is 3.74. The summed E-state index contributed by atoms with van der Waals surface area (Å²) >= 11 is 0. The van der Waals surface area contributed by atoms with E-state index in [4.69, 9.17) is 0 Å². The highest BCUT2D eigenvalue weighted by Crippen LogP contribution is 2.11. The van der Waals surface area contributed by atoms with E-state index in [-0.39, 0.29) is 0 Å². The maximum absolute atomic E-state index is 12.3. The summed E-state index contributed by atoms with van der Waals surface area (Å²) in [6.45, 7) is 4.00. The monoisotopic (exact) mass is 325 g/mol. The van der Waals surface area contributed by atoms with Crippen molar-refractivity contribution in [2.45, 2.75) is 39.0 Å². The van der Waals surface area contributed by atoms with E-state index < -0.39 is 23.8 Å². The maximum Gasteiger partial charge on any atom is 0.330 e. The van der Waals surface area contributed by atoms with Crippen LogP contribution in [0, 0.1) is 5.92 Å². The van der Waals surface area contributed by atoms with Crippen LogP contribution in [-0.4, -0.2) is 62.7 Å². The van der Waals surface area contributed by atoms with Gasteiger partial charge in [-0.25, -0.2) is 4.79 Å². The number of carbonyl (C=O) groups is 3. The predicted octanol–water partition coefficient (Wildman–Crippen LogP) is -0.133. The highest BCUT2D eigenvalue weighted by atomic mass is 16.2. The van der Waals surface area contributed by atoms with E-state index in [1.807, 2.05) is 0 Å². The number of nitrogens with zero attached hydrogens (tertiary/aromatic N) is 2. The summed E-state index contributed by atoms with van der Waals surface area (Å²) < 4.78 is 0. The van der Waals surface area contributed by atoms with Crippen LogP contribution in [0.5, 0.6) is 0 Å². The summed E-state index contributed by atoms with van der Waals surface area (Å²) in [6.07, 6.45) is 6.16. The zero-order valence-electron chi connectivity index (χ0n) is 14.4. The summed E-state index contributed by atoms with van der Waals surface area (Å²) in [5, 5.41) is 2.24. The number of urea groups is 1. The second-order valence-electron chi connectivity index (χ2n) is 6.19. The lowest BCUT2D eigenvalue weighted by Gasteiger charge is -2.28. The Kier molecular flexibility index (Phi) is 8.47. The van der Waals surface area contributed by atoms with Gasteiger partial charge in [-0.05, 0) is 6.42 Å². The van der Waals surface area contributed by atoms with Gasteiger partial charge in [-0.3, -0.25) is 24.8 Å². The molecule has 7 heteroatoms. The van der Waals surface area contributed by atoms with Crippen LogP contribution in [0.15, 0.2) is 4.99 Å². The lowest BCUT2D eigenvalue weighted by molar-refractivity contribution is -0.858. The first-order chi connectivity index (χ1) is 11.0. The molecule has 1 saturated heterocycles. The minimum Gasteiger partial charge on any atom is -0.340 e. The summed E-state index contributed by atoms with van der Waals surface area (Å²) in [5.41, 5.74) is 0. The number of unbranched alkanes of at least 4 members (excludes halogenated alkanes) is 3. The number of rotatable bonds is 10. The fourth-order valence-electron chi connectivity index (χ4n) is 2.37. The van der Waals surface area contributed by atoms with Crippen LogP contribution in [-0.2, 0) is 9.59 Å². The molecule has 0 unspecified atom stereocenters. The first kappa shape index (κ1) is 19.3. The Morgan fingerprint density at radius 2 is 1.91 bits per heavy atom. The number of quaternary nitrogens is 1. The number of hydrogen-bond acceptors (Lipinski definition) is 4. The third kappa shape index (κ3) is 6.48. The van der Waals surface area contributed by atoms with Crippen molar-refractivity contribution in [1.82, 2.24) is 10.2 Å². The number of imide groups is 2. The number of barbiturate groups is 1. The quantitative estimate of drug-likeness (QED) is 0.333. The fourth-order valence-corrected chi connectivity index (χ4v) is 2.37. The Labute approximate surface area is 138 Å². The number of nitrogens with one attached hydrogen (secondary N) is 2. The highest BCUT2D eigenvalue weighted by Gasteiger charge is 2.38. The van der Waals surface area contributed by atoms with E-state index in [0.29, 0.717) is 13.1 Å². The van der Waals surface area contributed by atoms with Crippen molar-refractivity contribution in [2.24, 2.45) is 10.9 Å². The van der Waals surface area contributed by atoms with Crippen LogP contribution < -0.4 is 10.2 Å². The molecule has 1 atom stereocenters. The van der Waals surface area contributed by atoms with Gasteiger partial charge in [0, 0.05) is 25.7 Å². The van der Waals surface area contributed by atoms with Crippen LogP contribution in [0.25, 0.3) is 0 Å². The molecule has 0 aromatic rings. The van der Waals surface area contributed by atoms with Crippen molar-refractivity contribution in [3.8, 4) is 0 Å². The standard InChI is InChI=1S/C16H28N4O3/c1-4-5-6-7-11-20-15(22)13(14(21)18-16(20)23)12-17-9-8-10-19(2)3/h12-13H,4-11H2,1-3H3,(H,18,21,23)/p+1/t13-/m1/s1. The average Bonchev–Trinajstić information content (AvgIpc) is 2.48. The van der Waals surface area contributed by atoms with Crippen molar-refractivity contribution in [3.63, 3.8) is 0 Å². The van der Waals surface area contributed by atoms with Crippen LogP contribution in [0.1, 0.15) is 39.0 Å². The zero-order valence-corrected chi connectivity index (χ0v) is 14.4. The summed E-state index contributed by atoms with van der Waals surface area (Å²) in [7, 11) is 4.12. The SMILES string of the molecule is CCCCCCN1C(=O)NC(=O)[C@@H](C=NCCC[NH+](C)C)C1=O. The third-order valence-corrected chi connectivity index (χ3v) is 3.74. The topological polar surface area (TPSA) is 83.3 Å². The van der Waals surface area contributed by atoms with Gasteiger partial charge < -0.3 is 4.90 Å². The lowest BCUT2D eigenvalue weighted by Crippen LogP contribution is -3.05. The molecule has 23 heavy (non-hydrogen) atoms. The minimum atomic E-state index is -0.981. The highest BCUT2D eigenvalue weighted by molar-refractivity contribution is 6.23. The Hall–Kier alpha value is -1.76. The Morgan fingerprint density at radius 3 is 2.57 bits per heavy atom. The first-order valence-corrected chi connectivity index (χ1v) is 8.42. The molecule has 0 saturated carbocycles. The molecule has 1 aliphatic rings. The molecule has 1 fully saturated rings. The van der Waals surface area contributed by atoms with Crippen LogP contribution >= 0.6 is 0 Å². The van der Waals surface area contributed by atoms with E-state index in [1.165, 1.54) is 11.1 Å². The van der Waals surface area contributed by atoms with Gasteiger partial charge in [-0.15, -0.1) is 0 Å². The largest absolute Gasteiger partial charge is 0.340 e. The smallest absolute Gasteiger partial charge is 0.330 e. The van der Waals surface area contributed by atoms with Gasteiger partial charge in [0.2, 0.25) is 11.8 Å². The number of hydrogen-bond donors (Lipinski definition) is 2. The number of amides is 4. The maximum atomic E-state index is 12.3. The molecule has 0 aromatic carbocycles. The number of aliphatic imine (C=N–C) groups is 1. The molecule has 1 aliphatic heterocycles. The molecule has 0 aliphatic carbocycles. The molecular weight excluding hydrogens is 296 g/mol. The van der Waals surface area contributed by atoms with E-state index in [1.54, 1.807) is 0 Å². The zero-order chi connectivity index (χ0) is 17.2. The molecule has 7 nitrogen and oxygen atoms in total. The van der Waals surface area contributed by atoms with Gasteiger partial charge in [0.1, 0.15) is 0 Å². The van der Waals surface area contributed by atoms with Gasteiger partial charge in [0.15, 0.2) is 5.92 Å². The molecular formula is C16H29N4O3+. The molecule has 0 aromatic heterocycles. The van der Waals surface area contributed by atoms with E-state index in [9.17, 15) is 14.4 Å². The second-order valence-corrected chi connectivity index (χ2v) is 6.19. The molecule has 1 rings (SSSR count). The van der Waals surface area contributed by atoms with Crippen molar-refractivity contribution < 1.29 is 19.3 Å². The van der Waals surface area contributed by atoms with Gasteiger partial charge in [0.05, 0.1) is 20.6 Å². The fraction of sp³-hybridized carbons (Fsp3) is 0.750. The van der Waals surface area contributed by atoms with Crippen molar-refractivity contribution >= 4 is 24.1 Å². The molecule has 4 amide bonds. The van der Waals surface area contributed by atoms with Gasteiger partial charge in [0.25, 0.3) is 0 Å². The Morgan fingerprint density at radius 1 is 1.17 bits per heavy atom. The van der Waals surface area contributed by atoms with E-state index >= 15 is 0 Å². The molecule has 1 heterocycles. The molecule has 0 bridgehead atoms. The van der Waals surface area contributed by atoms with Crippen LogP contribution in [0.2, 0.25) is 0 Å². The average molecular weight is 325 g/mol. The van der Waals surface area contributed by atoms with Crippen LogP contribution in [0.3, 0.4) is 0 Å². The Balaban J connectivity index is 2.54. The van der Waals surface area contributed by atoms with Crippen LogP contribution in [0.4, 0.5) is 4.79 Å². The minimum absolute atomic E-state index is 0.353. The van der Waals surface area contributed by atoms with E-state index in [2.05, 4.69) is 31.3 Å². The van der Waals surface area contributed by atoms with Crippen molar-refractivity contribution in [2.75, 3.05) is 33.7 Å². The van der Waals surface area contributed by atoms with Gasteiger partial charge in [-0.1, -0.05) is 26.2 Å². The van der Waals surface area contributed by atoms with Gasteiger partial charge >= 0.3 is 6.03 Å². The van der Waals surface area contributed by atoms with Gasteiger partial charge in [-0.2, -0.15) is 0 Å². The van der Waals surface area contributed by atoms with Crippen molar-refractivity contribution in [3.05, 3.63) is 0 Å². The molecule has 130 valence electrons. The molecule has 0 spiro atoms. The second kappa shape index (κ2) is 10.1. The van der Waals surface area contributed by atoms with E-state index in [0.717, 1.165) is 43.5 Å². The number of carbonyl (C=O) groups excluding carboxylic acids is 3. The first-order valence-electron chi connectivity index (χ1n) is 8.42.